The van der Waals surface area contributed by atoms with Crippen LogP contribution in [-0.4, -0.2) is 14.9 Å². The predicted octanol–water partition coefficient (Wildman–Crippen LogP) is 2.29. The van der Waals surface area contributed by atoms with Gasteiger partial charge in [0.1, 0.15) is 8.60 Å². The van der Waals surface area contributed by atoms with Crippen molar-refractivity contribution in [2.45, 2.75) is 9.92 Å². The van der Waals surface area contributed by atoms with E-state index in [1.54, 1.807) is 22.6 Å². The van der Waals surface area contributed by atoms with E-state index < -0.39 is 11.2 Å². The molecule has 0 saturated heterocycles. The number of aromatic amines is 1. The number of benzene rings is 1. The van der Waals surface area contributed by atoms with Crippen molar-refractivity contribution >= 4 is 50.3 Å². The lowest BCUT2D eigenvalue weighted by Crippen LogP contribution is -2.35. The first kappa shape index (κ1) is 13.7. The Bertz CT molecular complexity index is 696. The molecule has 1 heterocycles. The Morgan fingerprint density at radius 1 is 1.28 bits per heavy atom. The number of halogens is 2. The van der Waals surface area contributed by atoms with Crippen LogP contribution in [0.1, 0.15) is 0 Å². The highest BCUT2D eigenvalue weighted by Crippen LogP contribution is 2.28. The normalized spacial score (nSPS) is 10.6. The number of nitrogens with zero attached hydrogens (tertiary/aromatic N) is 1. The van der Waals surface area contributed by atoms with Crippen molar-refractivity contribution in [3.05, 3.63) is 53.1 Å². The minimum Gasteiger partial charge on any atom is -0.421 e. The molecule has 2 rings (SSSR count). The first-order valence-electron chi connectivity index (χ1n) is 4.66. The SMILES string of the molecule is O=c1[nH]c(Sc2ccc(Br)cc2)c(I)c(=O)n1O. The van der Waals surface area contributed by atoms with Gasteiger partial charge in [0.25, 0.3) is 0 Å². The summed E-state index contributed by atoms with van der Waals surface area (Å²) in [6.07, 6.45) is 0. The lowest BCUT2D eigenvalue weighted by molar-refractivity contribution is 0.157. The molecule has 1 aromatic heterocycles. The third-order valence-corrected chi connectivity index (χ3v) is 4.94. The molecule has 8 heteroatoms. The minimum atomic E-state index is -0.847. The number of H-pyrrole nitrogens is 1. The number of nitrogens with one attached hydrogen (secondary N) is 1. The van der Waals surface area contributed by atoms with Crippen LogP contribution in [0.25, 0.3) is 0 Å². The van der Waals surface area contributed by atoms with E-state index in [1.165, 1.54) is 11.8 Å². The van der Waals surface area contributed by atoms with E-state index in [2.05, 4.69) is 20.9 Å². The van der Waals surface area contributed by atoms with Gasteiger partial charge in [0.15, 0.2) is 0 Å². The Kier molecular flexibility index (Phi) is 4.17. The van der Waals surface area contributed by atoms with Crippen molar-refractivity contribution in [1.29, 1.82) is 0 Å². The third kappa shape index (κ3) is 2.81. The molecule has 2 aromatic rings. The predicted molar refractivity (Wildman–Crippen MR) is 79.5 cm³/mol. The van der Waals surface area contributed by atoms with Crippen LogP contribution >= 0.6 is 50.3 Å². The van der Waals surface area contributed by atoms with Crippen molar-refractivity contribution in [2.24, 2.45) is 0 Å². The van der Waals surface area contributed by atoms with E-state index in [9.17, 15) is 9.59 Å². The summed E-state index contributed by atoms with van der Waals surface area (Å²) in [4.78, 5) is 26.1. The molecule has 0 aliphatic heterocycles. The van der Waals surface area contributed by atoms with Gasteiger partial charge in [-0.25, -0.2) is 4.79 Å². The van der Waals surface area contributed by atoms with E-state index in [4.69, 9.17) is 5.21 Å². The summed E-state index contributed by atoms with van der Waals surface area (Å²) < 4.78 is 1.27. The quantitative estimate of drug-likeness (QED) is 0.427. The molecule has 0 unspecified atom stereocenters. The fraction of sp³-hybridized carbons (Fsp3) is 0. The van der Waals surface area contributed by atoms with Crippen LogP contribution in [0.15, 0.2) is 48.2 Å². The van der Waals surface area contributed by atoms with Crippen molar-refractivity contribution < 1.29 is 5.21 Å². The van der Waals surface area contributed by atoms with E-state index >= 15 is 0 Å². The van der Waals surface area contributed by atoms with Gasteiger partial charge >= 0.3 is 11.2 Å². The summed E-state index contributed by atoms with van der Waals surface area (Å²) in [5.41, 5.74) is -1.57. The Morgan fingerprint density at radius 3 is 2.50 bits per heavy atom. The number of hydrogen-bond donors (Lipinski definition) is 2. The molecule has 0 bridgehead atoms. The first-order chi connectivity index (χ1) is 8.49. The second kappa shape index (κ2) is 5.49. The average Bonchev–Trinajstić information content (AvgIpc) is 2.36. The van der Waals surface area contributed by atoms with Crippen molar-refractivity contribution in [1.82, 2.24) is 9.71 Å². The molecule has 0 aliphatic carbocycles. The minimum absolute atomic E-state index is 0.0629. The maximum absolute atomic E-state index is 11.5. The van der Waals surface area contributed by atoms with Gasteiger partial charge in [-0.3, -0.25) is 9.78 Å². The summed E-state index contributed by atoms with van der Waals surface area (Å²) in [5.74, 6) is 0. The second-order valence-electron chi connectivity index (χ2n) is 3.25. The Hall–Kier alpha value is -0.740. The molecular formula is C10H6BrIN2O3S. The van der Waals surface area contributed by atoms with Crippen LogP contribution < -0.4 is 11.2 Å². The van der Waals surface area contributed by atoms with Crippen LogP contribution in [0.4, 0.5) is 0 Å². The number of hydrogen-bond acceptors (Lipinski definition) is 4. The second-order valence-corrected chi connectivity index (χ2v) is 6.32. The Labute approximate surface area is 127 Å². The van der Waals surface area contributed by atoms with Gasteiger partial charge in [-0.1, -0.05) is 32.4 Å². The van der Waals surface area contributed by atoms with Gasteiger partial charge in [-0.2, -0.15) is 0 Å². The van der Waals surface area contributed by atoms with Gasteiger partial charge in [0, 0.05) is 9.37 Å². The molecular weight excluding hydrogens is 435 g/mol. The van der Waals surface area contributed by atoms with Crippen molar-refractivity contribution in [3.8, 4) is 0 Å². The van der Waals surface area contributed by atoms with Gasteiger partial charge in [0.05, 0.1) is 0 Å². The monoisotopic (exact) mass is 440 g/mol. The lowest BCUT2D eigenvalue weighted by atomic mass is 10.4. The zero-order valence-electron chi connectivity index (χ0n) is 8.68. The van der Waals surface area contributed by atoms with Crippen LogP contribution in [0.5, 0.6) is 0 Å². The van der Waals surface area contributed by atoms with Crippen LogP contribution in [0, 0.1) is 3.57 Å². The highest BCUT2D eigenvalue weighted by molar-refractivity contribution is 14.1. The summed E-state index contributed by atoms with van der Waals surface area (Å²) in [6.45, 7) is 0. The van der Waals surface area contributed by atoms with Gasteiger partial charge < -0.3 is 5.21 Å². The zero-order chi connectivity index (χ0) is 13.3. The molecule has 0 aliphatic rings. The Morgan fingerprint density at radius 2 is 1.89 bits per heavy atom. The summed E-state index contributed by atoms with van der Waals surface area (Å²) in [5, 5.41) is 9.57. The lowest BCUT2D eigenvalue weighted by Gasteiger charge is -2.04. The molecule has 5 nitrogen and oxygen atoms in total. The first-order valence-corrected chi connectivity index (χ1v) is 7.35. The van der Waals surface area contributed by atoms with Crippen molar-refractivity contribution in [3.63, 3.8) is 0 Å². The molecule has 18 heavy (non-hydrogen) atoms. The summed E-state index contributed by atoms with van der Waals surface area (Å²) >= 11 is 6.36. The average molecular weight is 441 g/mol. The smallest absolute Gasteiger partial charge is 0.362 e. The van der Waals surface area contributed by atoms with Gasteiger partial charge in [-0.15, -0.1) is 0 Å². The zero-order valence-corrected chi connectivity index (χ0v) is 13.2. The fourth-order valence-electron chi connectivity index (χ4n) is 1.18. The fourth-order valence-corrected chi connectivity index (χ4v) is 2.96. The molecule has 0 radical (unpaired) electrons. The van der Waals surface area contributed by atoms with Crippen LogP contribution in [0.2, 0.25) is 0 Å². The largest absolute Gasteiger partial charge is 0.421 e. The molecule has 0 amide bonds. The standard InChI is InChI=1S/C10H6BrIN2O3S/c11-5-1-3-6(4-2-5)18-8-7(12)9(15)14(17)10(16)13-8/h1-4,17H,(H,13,16). The van der Waals surface area contributed by atoms with Crippen LogP contribution in [-0.2, 0) is 0 Å². The summed E-state index contributed by atoms with van der Waals surface area (Å²) in [7, 11) is 0. The van der Waals surface area contributed by atoms with Gasteiger partial charge in [0.2, 0.25) is 0 Å². The van der Waals surface area contributed by atoms with E-state index in [-0.39, 0.29) is 8.30 Å². The third-order valence-electron chi connectivity index (χ3n) is 2.03. The number of rotatable bonds is 2. The molecule has 1 aromatic carbocycles. The molecule has 0 fully saturated rings. The molecule has 94 valence electrons. The maximum Gasteiger partial charge on any atom is 0.362 e. The van der Waals surface area contributed by atoms with Crippen molar-refractivity contribution in [2.75, 3.05) is 0 Å². The highest BCUT2D eigenvalue weighted by atomic mass is 127. The molecule has 2 N–H and O–H groups in total. The molecule has 0 saturated carbocycles. The highest BCUT2D eigenvalue weighted by Gasteiger charge is 2.11. The van der Waals surface area contributed by atoms with Crippen LogP contribution in [0.3, 0.4) is 0 Å². The van der Waals surface area contributed by atoms with E-state index in [0.717, 1.165) is 9.37 Å². The number of aromatic nitrogens is 2. The van der Waals surface area contributed by atoms with E-state index in [1.807, 2.05) is 24.3 Å². The maximum atomic E-state index is 11.5. The van der Waals surface area contributed by atoms with Gasteiger partial charge in [-0.05, 0) is 46.9 Å². The summed E-state index contributed by atoms with van der Waals surface area (Å²) in [6, 6.07) is 7.43. The molecule has 0 spiro atoms. The Balaban J connectivity index is 2.44. The molecule has 0 atom stereocenters. The topological polar surface area (TPSA) is 75.1 Å². The van der Waals surface area contributed by atoms with E-state index in [0.29, 0.717) is 5.03 Å².